The molecule has 1 heterocycles. The third-order valence-electron chi connectivity index (χ3n) is 4.21. The minimum Gasteiger partial charge on any atom is -0.494 e. The third kappa shape index (κ3) is 4.00. The summed E-state index contributed by atoms with van der Waals surface area (Å²) in [5, 5.41) is 1.03. The van der Waals surface area contributed by atoms with Crippen LogP contribution < -0.4 is 4.74 Å². The first-order valence-corrected chi connectivity index (χ1v) is 8.56. The second-order valence-electron chi connectivity index (χ2n) is 6.10. The van der Waals surface area contributed by atoms with Crippen LogP contribution in [0, 0.1) is 12.7 Å². The molecule has 0 N–H and O–H groups in total. The number of nitrogens with zero attached hydrogens (tertiary/aromatic N) is 1. The zero-order chi connectivity index (χ0) is 18.5. The van der Waals surface area contributed by atoms with Crippen LogP contribution >= 0.6 is 0 Å². The average molecular weight is 355 g/mol. The van der Waals surface area contributed by atoms with E-state index in [2.05, 4.69) is 11.1 Å². The first kappa shape index (κ1) is 18.3. The average Bonchev–Trinajstić information content (AvgIpc) is 2.64. The maximum atomic E-state index is 13.1. The molecule has 5 heteroatoms. The Balaban J connectivity index is 1.95. The Bertz CT molecular complexity index is 894. The van der Waals surface area contributed by atoms with Crippen LogP contribution in [0.5, 0.6) is 5.75 Å². The number of aryl methyl sites for hydroxylation is 1. The summed E-state index contributed by atoms with van der Waals surface area (Å²) in [5.41, 5.74) is 4.88. The number of halogens is 1. The maximum absolute atomic E-state index is 13.1. The van der Waals surface area contributed by atoms with Crippen molar-refractivity contribution < 1.29 is 18.9 Å². The smallest absolute Gasteiger partial charge is 0.150 e. The van der Waals surface area contributed by atoms with Gasteiger partial charge in [0.25, 0.3) is 0 Å². The van der Waals surface area contributed by atoms with Crippen molar-refractivity contribution in [1.82, 2.24) is 4.98 Å². The minimum atomic E-state index is -0.229. The van der Waals surface area contributed by atoms with Gasteiger partial charge in [-0.1, -0.05) is 12.1 Å². The fraction of sp³-hybridized carbons (Fsp3) is 0.286. The van der Waals surface area contributed by atoms with Gasteiger partial charge in [0.05, 0.1) is 13.7 Å². The molecule has 0 bridgehead atoms. The van der Waals surface area contributed by atoms with Crippen LogP contribution in [0.2, 0.25) is 0 Å². The number of hydrogen-bond acceptors (Lipinski definition) is 4. The highest BCUT2D eigenvalue weighted by Crippen LogP contribution is 2.32. The van der Waals surface area contributed by atoms with Crippen molar-refractivity contribution in [2.75, 3.05) is 13.7 Å². The Labute approximate surface area is 152 Å². The summed E-state index contributed by atoms with van der Waals surface area (Å²) in [6, 6.07) is 10.7. The van der Waals surface area contributed by atoms with Crippen LogP contribution in [0.15, 0.2) is 42.6 Å². The van der Waals surface area contributed by atoms with Crippen molar-refractivity contribution in [3.05, 3.63) is 70.7 Å². The predicted molar refractivity (Wildman–Crippen MR) is 98.7 cm³/mol. The van der Waals surface area contributed by atoms with E-state index in [4.69, 9.17) is 14.5 Å². The number of rotatable bonds is 7. The standard InChI is InChI=1S/C21H22FNO3/c1-4-25-26-13-17-9-14(2)19-11-16(12-23-20(19)21(17)24-3)10-15-5-7-18(22)8-6-15/h5-9,11-12H,4,10,13H2,1-3H3. The fourth-order valence-corrected chi connectivity index (χ4v) is 3.00. The second kappa shape index (κ2) is 8.25. The Hall–Kier alpha value is -2.50. The van der Waals surface area contributed by atoms with Crippen molar-refractivity contribution in [2.24, 2.45) is 0 Å². The summed E-state index contributed by atoms with van der Waals surface area (Å²) in [6.45, 7) is 4.69. The normalized spacial score (nSPS) is 11.1. The molecule has 0 amide bonds. The van der Waals surface area contributed by atoms with E-state index in [0.29, 0.717) is 25.4 Å². The quantitative estimate of drug-likeness (QED) is 0.348. The molecular formula is C21H22FNO3. The monoisotopic (exact) mass is 355 g/mol. The number of pyridine rings is 1. The fourth-order valence-electron chi connectivity index (χ4n) is 3.00. The molecule has 1 aromatic heterocycles. The number of benzene rings is 2. The lowest BCUT2D eigenvalue weighted by molar-refractivity contribution is -0.300. The number of ether oxygens (including phenoxy) is 1. The van der Waals surface area contributed by atoms with E-state index in [1.54, 1.807) is 19.2 Å². The van der Waals surface area contributed by atoms with Crippen LogP contribution in [0.3, 0.4) is 0 Å². The molecule has 4 nitrogen and oxygen atoms in total. The molecule has 0 aliphatic rings. The van der Waals surface area contributed by atoms with Gasteiger partial charge in [0.1, 0.15) is 17.9 Å². The number of fused-ring (bicyclic) bond motifs is 1. The van der Waals surface area contributed by atoms with Crippen molar-refractivity contribution >= 4 is 10.9 Å². The Morgan fingerprint density at radius 3 is 2.50 bits per heavy atom. The summed E-state index contributed by atoms with van der Waals surface area (Å²) in [6.07, 6.45) is 2.53. The largest absolute Gasteiger partial charge is 0.494 e. The summed E-state index contributed by atoms with van der Waals surface area (Å²) < 4.78 is 18.6. The SMILES string of the molecule is CCOOCc1cc(C)c2cc(Cc3ccc(F)cc3)cnc2c1OC. The molecule has 2 aromatic carbocycles. The second-order valence-corrected chi connectivity index (χ2v) is 6.10. The van der Waals surface area contributed by atoms with Crippen molar-refractivity contribution in [2.45, 2.75) is 26.9 Å². The molecule has 0 spiro atoms. The molecule has 26 heavy (non-hydrogen) atoms. The summed E-state index contributed by atoms with van der Waals surface area (Å²) in [5.74, 6) is 0.464. The molecule has 0 fully saturated rings. The highest BCUT2D eigenvalue weighted by molar-refractivity contribution is 5.89. The van der Waals surface area contributed by atoms with Crippen molar-refractivity contribution in [3.63, 3.8) is 0 Å². The van der Waals surface area contributed by atoms with E-state index >= 15 is 0 Å². The summed E-state index contributed by atoms with van der Waals surface area (Å²) in [7, 11) is 1.63. The van der Waals surface area contributed by atoms with E-state index in [1.807, 2.05) is 26.1 Å². The molecular weight excluding hydrogens is 333 g/mol. The lowest BCUT2D eigenvalue weighted by atomic mass is 10.00. The lowest BCUT2D eigenvalue weighted by Gasteiger charge is -2.14. The van der Waals surface area contributed by atoms with Crippen LogP contribution in [-0.2, 0) is 22.8 Å². The van der Waals surface area contributed by atoms with Gasteiger partial charge in [-0.3, -0.25) is 4.98 Å². The van der Waals surface area contributed by atoms with E-state index in [0.717, 1.165) is 33.2 Å². The molecule has 0 aliphatic heterocycles. The molecule has 0 aliphatic carbocycles. The predicted octanol–water partition coefficient (Wildman–Crippen LogP) is 4.75. The number of hydrogen-bond donors (Lipinski definition) is 0. The third-order valence-corrected chi connectivity index (χ3v) is 4.21. The molecule has 0 saturated heterocycles. The van der Waals surface area contributed by atoms with E-state index < -0.39 is 0 Å². The Morgan fingerprint density at radius 2 is 1.81 bits per heavy atom. The Morgan fingerprint density at radius 1 is 1.04 bits per heavy atom. The molecule has 0 unspecified atom stereocenters. The highest BCUT2D eigenvalue weighted by Gasteiger charge is 2.14. The lowest BCUT2D eigenvalue weighted by Crippen LogP contribution is -2.01. The van der Waals surface area contributed by atoms with Gasteiger partial charge in [-0.15, -0.1) is 0 Å². The molecule has 3 aromatic rings. The molecule has 0 radical (unpaired) electrons. The van der Waals surface area contributed by atoms with Gasteiger partial charge in [-0.25, -0.2) is 14.2 Å². The van der Waals surface area contributed by atoms with Gasteiger partial charge in [0.15, 0.2) is 5.75 Å². The number of methoxy groups -OCH3 is 1. The van der Waals surface area contributed by atoms with Crippen LogP contribution in [0.4, 0.5) is 4.39 Å². The van der Waals surface area contributed by atoms with Gasteiger partial charge in [-0.05, 0) is 61.2 Å². The van der Waals surface area contributed by atoms with E-state index in [9.17, 15) is 4.39 Å². The summed E-state index contributed by atoms with van der Waals surface area (Å²) in [4.78, 5) is 14.8. The molecule has 136 valence electrons. The minimum absolute atomic E-state index is 0.229. The van der Waals surface area contributed by atoms with Gasteiger partial charge < -0.3 is 4.74 Å². The highest BCUT2D eigenvalue weighted by atomic mass is 19.1. The number of aromatic nitrogens is 1. The van der Waals surface area contributed by atoms with E-state index in [1.165, 1.54) is 12.1 Å². The zero-order valence-corrected chi connectivity index (χ0v) is 15.2. The topological polar surface area (TPSA) is 40.6 Å². The van der Waals surface area contributed by atoms with E-state index in [-0.39, 0.29) is 5.82 Å². The maximum Gasteiger partial charge on any atom is 0.150 e. The first-order valence-electron chi connectivity index (χ1n) is 8.56. The van der Waals surface area contributed by atoms with Gasteiger partial charge in [-0.2, -0.15) is 0 Å². The van der Waals surface area contributed by atoms with Crippen LogP contribution in [-0.4, -0.2) is 18.7 Å². The molecule has 0 atom stereocenters. The van der Waals surface area contributed by atoms with Crippen molar-refractivity contribution in [1.29, 1.82) is 0 Å². The molecule has 0 saturated carbocycles. The zero-order valence-electron chi connectivity index (χ0n) is 15.2. The Kier molecular flexibility index (Phi) is 5.81. The first-order chi connectivity index (χ1) is 12.6. The van der Waals surface area contributed by atoms with Crippen LogP contribution in [0.25, 0.3) is 10.9 Å². The van der Waals surface area contributed by atoms with Gasteiger partial charge in [0, 0.05) is 17.1 Å². The van der Waals surface area contributed by atoms with Crippen molar-refractivity contribution in [3.8, 4) is 5.75 Å². The van der Waals surface area contributed by atoms with Crippen LogP contribution in [0.1, 0.15) is 29.2 Å². The van der Waals surface area contributed by atoms with Gasteiger partial charge in [0.2, 0.25) is 0 Å². The molecule has 3 rings (SSSR count). The summed E-state index contributed by atoms with van der Waals surface area (Å²) >= 11 is 0. The van der Waals surface area contributed by atoms with Gasteiger partial charge >= 0.3 is 0 Å².